The normalized spacial score (nSPS) is 22.5. The molecule has 0 radical (unpaired) electrons. The molecule has 8 heteroatoms. The molecule has 116 valence electrons. The Morgan fingerprint density at radius 2 is 2.14 bits per heavy atom. The topological polar surface area (TPSA) is 107 Å². The summed E-state index contributed by atoms with van der Waals surface area (Å²) in [5.41, 5.74) is 5.69. The molecule has 1 saturated heterocycles. The van der Waals surface area contributed by atoms with Gasteiger partial charge in [0.1, 0.15) is 10.6 Å². The maximum absolute atomic E-state index is 11.8. The molecular weight excluding hydrogens is 294 g/mol. The largest absolute Gasteiger partial charge is 0.363 e. The van der Waals surface area contributed by atoms with Gasteiger partial charge in [-0.05, 0) is 37.9 Å². The number of nitrogens with two attached hydrogens (primary N) is 1. The van der Waals surface area contributed by atoms with Gasteiger partial charge in [0.2, 0.25) is 0 Å². The Hall–Kier alpha value is -1.67. The van der Waals surface area contributed by atoms with Crippen molar-refractivity contribution in [3.8, 4) is 0 Å². The van der Waals surface area contributed by atoms with Gasteiger partial charge in [-0.1, -0.05) is 6.07 Å². The molecule has 0 aromatic heterocycles. The highest BCUT2D eigenvalue weighted by Gasteiger charge is 2.35. The van der Waals surface area contributed by atoms with Gasteiger partial charge in [0, 0.05) is 18.8 Å². The number of hydrogen-bond donors (Lipinski definition) is 1. The summed E-state index contributed by atoms with van der Waals surface area (Å²) in [5, 5.41) is 11.4. The molecule has 2 rings (SSSR count). The van der Waals surface area contributed by atoms with Crippen molar-refractivity contribution in [1.82, 2.24) is 0 Å². The average Bonchev–Trinajstić information content (AvgIpc) is 2.78. The summed E-state index contributed by atoms with van der Waals surface area (Å²) >= 11 is 0. The summed E-state index contributed by atoms with van der Waals surface area (Å²) < 4.78 is 23.6. The first-order valence-electron chi connectivity index (χ1n) is 6.70. The first-order chi connectivity index (χ1) is 9.75. The fraction of sp³-hybridized carbons (Fsp3) is 0.538. The predicted octanol–water partition coefficient (Wildman–Crippen LogP) is 1.17. The monoisotopic (exact) mass is 313 g/mol. The third kappa shape index (κ3) is 3.01. The minimum Gasteiger partial charge on any atom is -0.363 e. The van der Waals surface area contributed by atoms with Gasteiger partial charge in [-0.3, -0.25) is 10.1 Å². The molecule has 0 aliphatic carbocycles. The van der Waals surface area contributed by atoms with Crippen LogP contribution < -0.4 is 10.6 Å². The summed E-state index contributed by atoms with van der Waals surface area (Å²) in [5.74, 6) is 0.265. The lowest BCUT2D eigenvalue weighted by Crippen LogP contribution is -2.28. The van der Waals surface area contributed by atoms with Crippen molar-refractivity contribution >= 4 is 21.2 Å². The lowest BCUT2D eigenvalue weighted by atomic mass is 10.1. The second-order valence-corrected chi connectivity index (χ2v) is 7.48. The lowest BCUT2D eigenvalue weighted by Gasteiger charge is -2.24. The summed E-state index contributed by atoms with van der Waals surface area (Å²) in [6.45, 7) is 3.08. The van der Waals surface area contributed by atoms with E-state index in [0.29, 0.717) is 18.8 Å². The second kappa shape index (κ2) is 5.61. The Labute approximate surface area is 123 Å². The number of rotatable bonds is 4. The number of sulfone groups is 1. The Bertz CT molecular complexity index is 659. The third-order valence-corrected chi connectivity index (χ3v) is 4.99. The molecule has 2 N–H and O–H groups in total. The van der Waals surface area contributed by atoms with Gasteiger partial charge in [0.15, 0.2) is 9.84 Å². The molecule has 0 bridgehead atoms. The van der Waals surface area contributed by atoms with E-state index in [0.717, 1.165) is 12.7 Å². The van der Waals surface area contributed by atoms with Crippen LogP contribution in [0.1, 0.15) is 13.3 Å². The van der Waals surface area contributed by atoms with E-state index in [1.165, 1.54) is 6.07 Å². The highest BCUT2D eigenvalue weighted by molar-refractivity contribution is 7.90. The second-order valence-electron chi connectivity index (χ2n) is 5.49. The SMILES string of the molecule is CC1CC(CN)CN1c1cccc(S(C)(=O)=O)c1[N+](=O)[O-]. The van der Waals surface area contributed by atoms with Gasteiger partial charge >= 0.3 is 5.69 Å². The average molecular weight is 313 g/mol. The fourth-order valence-corrected chi connectivity index (χ4v) is 3.73. The van der Waals surface area contributed by atoms with E-state index in [1.54, 1.807) is 12.1 Å². The minimum absolute atomic E-state index is 0.0899. The molecule has 1 aromatic rings. The van der Waals surface area contributed by atoms with Crippen LogP contribution in [0.3, 0.4) is 0 Å². The number of nitro groups is 1. The number of hydrogen-bond acceptors (Lipinski definition) is 6. The van der Waals surface area contributed by atoms with Gasteiger partial charge in [-0.15, -0.1) is 0 Å². The zero-order valence-electron chi connectivity index (χ0n) is 12.0. The minimum atomic E-state index is -3.66. The van der Waals surface area contributed by atoms with Crippen LogP contribution in [-0.2, 0) is 9.84 Å². The molecule has 1 aliphatic rings. The fourth-order valence-electron chi connectivity index (χ4n) is 2.87. The zero-order valence-corrected chi connectivity index (χ0v) is 12.8. The third-order valence-electron chi connectivity index (χ3n) is 3.86. The summed E-state index contributed by atoms with van der Waals surface area (Å²) in [7, 11) is -3.66. The van der Waals surface area contributed by atoms with Crippen LogP contribution in [0.2, 0.25) is 0 Å². The maximum atomic E-state index is 11.8. The molecule has 1 aliphatic heterocycles. The van der Waals surface area contributed by atoms with Crippen molar-refractivity contribution in [3.63, 3.8) is 0 Å². The molecule has 2 atom stereocenters. The Balaban J connectivity index is 2.57. The van der Waals surface area contributed by atoms with Crippen LogP contribution in [-0.4, -0.2) is 38.7 Å². The maximum Gasteiger partial charge on any atom is 0.311 e. The lowest BCUT2D eigenvalue weighted by molar-refractivity contribution is -0.387. The van der Waals surface area contributed by atoms with Crippen LogP contribution in [0.5, 0.6) is 0 Å². The Morgan fingerprint density at radius 3 is 2.62 bits per heavy atom. The molecule has 0 spiro atoms. The summed E-state index contributed by atoms with van der Waals surface area (Å²) in [6, 6.07) is 4.51. The standard InChI is InChI=1S/C13H19N3O4S/c1-9-6-10(7-14)8-15(9)11-4-3-5-12(21(2,19)20)13(11)16(17)18/h3-5,9-10H,6-8,14H2,1-2H3. The predicted molar refractivity (Wildman–Crippen MR) is 80.2 cm³/mol. The van der Waals surface area contributed by atoms with Crippen molar-refractivity contribution in [2.45, 2.75) is 24.3 Å². The van der Waals surface area contributed by atoms with Crippen molar-refractivity contribution in [3.05, 3.63) is 28.3 Å². The molecule has 0 saturated carbocycles. The van der Waals surface area contributed by atoms with E-state index in [-0.39, 0.29) is 22.5 Å². The number of nitrogens with zero attached hydrogens (tertiary/aromatic N) is 2. The number of nitro benzene ring substituents is 1. The molecule has 7 nitrogen and oxygen atoms in total. The highest BCUT2D eigenvalue weighted by Crippen LogP contribution is 2.38. The van der Waals surface area contributed by atoms with Crippen molar-refractivity contribution in [2.24, 2.45) is 11.7 Å². The van der Waals surface area contributed by atoms with E-state index in [4.69, 9.17) is 5.73 Å². The van der Waals surface area contributed by atoms with Gasteiger partial charge in [0.25, 0.3) is 0 Å². The number of para-hydroxylation sites is 1. The first kappa shape index (κ1) is 15.7. The molecular formula is C13H19N3O4S. The van der Waals surface area contributed by atoms with Gasteiger partial charge in [-0.25, -0.2) is 8.42 Å². The van der Waals surface area contributed by atoms with Gasteiger partial charge < -0.3 is 10.6 Å². The van der Waals surface area contributed by atoms with Crippen molar-refractivity contribution < 1.29 is 13.3 Å². The molecule has 2 unspecified atom stereocenters. The van der Waals surface area contributed by atoms with Crippen LogP contribution in [0.4, 0.5) is 11.4 Å². The van der Waals surface area contributed by atoms with Crippen LogP contribution >= 0.6 is 0 Å². The summed E-state index contributed by atoms with van der Waals surface area (Å²) in [4.78, 5) is 12.4. The zero-order chi connectivity index (χ0) is 15.8. The van der Waals surface area contributed by atoms with E-state index < -0.39 is 14.8 Å². The number of benzene rings is 1. The highest BCUT2D eigenvalue weighted by atomic mass is 32.2. The Morgan fingerprint density at radius 1 is 1.48 bits per heavy atom. The van der Waals surface area contributed by atoms with Gasteiger partial charge in [-0.2, -0.15) is 0 Å². The van der Waals surface area contributed by atoms with Gasteiger partial charge in [0.05, 0.1) is 4.92 Å². The molecule has 1 fully saturated rings. The molecule has 0 amide bonds. The van der Waals surface area contributed by atoms with Crippen LogP contribution in [0.25, 0.3) is 0 Å². The van der Waals surface area contributed by atoms with Crippen molar-refractivity contribution in [1.29, 1.82) is 0 Å². The molecule has 1 aromatic carbocycles. The Kier molecular flexibility index (Phi) is 4.20. The van der Waals surface area contributed by atoms with E-state index in [2.05, 4.69) is 0 Å². The molecule has 1 heterocycles. The summed E-state index contributed by atoms with van der Waals surface area (Å²) in [6.07, 6.45) is 1.83. The molecule has 21 heavy (non-hydrogen) atoms. The van der Waals surface area contributed by atoms with Crippen molar-refractivity contribution in [2.75, 3.05) is 24.2 Å². The van der Waals surface area contributed by atoms with E-state index in [9.17, 15) is 18.5 Å². The smallest absolute Gasteiger partial charge is 0.311 e. The van der Waals surface area contributed by atoms with Crippen LogP contribution in [0, 0.1) is 16.0 Å². The number of anilines is 1. The quantitative estimate of drug-likeness (QED) is 0.660. The first-order valence-corrected chi connectivity index (χ1v) is 8.59. The van der Waals surface area contributed by atoms with Crippen LogP contribution in [0.15, 0.2) is 23.1 Å². The van der Waals surface area contributed by atoms with E-state index in [1.807, 2.05) is 11.8 Å². The van der Waals surface area contributed by atoms with E-state index >= 15 is 0 Å².